The number of nitrogens with zero attached hydrogens (tertiary/aromatic N) is 1. The first-order valence-electron chi connectivity index (χ1n) is 9.06. The van der Waals surface area contributed by atoms with E-state index in [2.05, 4.69) is 24.1 Å². The van der Waals surface area contributed by atoms with E-state index in [4.69, 9.17) is 0 Å². The van der Waals surface area contributed by atoms with Crippen LogP contribution in [0.1, 0.15) is 47.5 Å². The van der Waals surface area contributed by atoms with Gasteiger partial charge in [-0.05, 0) is 63.3 Å². The highest BCUT2D eigenvalue weighted by molar-refractivity contribution is 5.94. The predicted octanol–water partition coefficient (Wildman–Crippen LogP) is 4.00. The van der Waals surface area contributed by atoms with Gasteiger partial charge in [-0.15, -0.1) is 0 Å². The highest BCUT2D eigenvalue weighted by Crippen LogP contribution is 2.56. The maximum atomic E-state index is 12.8. The van der Waals surface area contributed by atoms with Crippen molar-refractivity contribution in [3.05, 3.63) is 24.3 Å². The van der Waals surface area contributed by atoms with Crippen LogP contribution in [-0.2, 0) is 9.59 Å². The number of rotatable bonds is 6. The molecule has 0 heterocycles. The Morgan fingerprint density at radius 2 is 1.72 bits per heavy atom. The molecule has 1 aliphatic rings. The van der Waals surface area contributed by atoms with Crippen molar-refractivity contribution in [3.8, 4) is 0 Å². The molecule has 25 heavy (non-hydrogen) atoms. The molecule has 0 aliphatic heterocycles. The van der Waals surface area contributed by atoms with E-state index in [1.165, 1.54) is 0 Å². The Balaban J connectivity index is 2.11. The molecule has 2 atom stereocenters. The Bertz CT molecular complexity index is 635. The summed E-state index contributed by atoms with van der Waals surface area (Å²) in [6.07, 6.45) is 1.12. The van der Waals surface area contributed by atoms with E-state index in [1.54, 1.807) is 6.92 Å². The highest BCUT2D eigenvalue weighted by Gasteiger charge is 2.58. The number of nitrogens with one attached hydrogen (secondary N) is 1. The van der Waals surface area contributed by atoms with Gasteiger partial charge in [0.25, 0.3) is 0 Å². The fourth-order valence-corrected chi connectivity index (χ4v) is 3.92. The Kier molecular flexibility index (Phi) is 5.45. The van der Waals surface area contributed by atoms with Crippen molar-refractivity contribution in [1.29, 1.82) is 0 Å². The fraction of sp³-hybridized carbons (Fsp3) is 0.600. The van der Waals surface area contributed by atoms with Crippen molar-refractivity contribution in [2.24, 2.45) is 16.7 Å². The number of carboxylic acid groups (broad SMARTS) is 1. The lowest BCUT2D eigenvalue weighted by atomic mass is 9.65. The summed E-state index contributed by atoms with van der Waals surface area (Å²) in [6.45, 7) is 11.6. The highest BCUT2D eigenvalue weighted by atomic mass is 16.4. The molecule has 2 rings (SSSR count). The summed E-state index contributed by atoms with van der Waals surface area (Å²) in [5, 5.41) is 12.6. The molecule has 5 nitrogen and oxygen atoms in total. The third-order valence-electron chi connectivity index (χ3n) is 6.28. The van der Waals surface area contributed by atoms with Gasteiger partial charge >= 0.3 is 5.97 Å². The summed E-state index contributed by atoms with van der Waals surface area (Å²) in [7, 11) is 0. The lowest BCUT2D eigenvalue weighted by Crippen LogP contribution is -2.43. The summed E-state index contributed by atoms with van der Waals surface area (Å²) in [5.41, 5.74) is 0.411. The number of carbonyl (C=O) groups excluding carboxylic acids is 1. The minimum atomic E-state index is -0.873. The molecule has 138 valence electrons. The topological polar surface area (TPSA) is 69.6 Å². The second-order valence-corrected chi connectivity index (χ2v) is 7.66. The lowest BCUT2D eigenvalue weighted by Gasteiger charge is -2.37. The molecule has 1 fully saturated rings. The number of hydrogen-bond acceptors (Lipinski definition) is 3. The monoisotopic (exact) mass is 346 g/mol. The summed E-state index contributed by atoms with van der Waals surface area (Å²) in [5.74, 6) is -1.22. The van der Waals surface area contributed by atoms with E-state index in [1.807, 2.05) is 38.1 Å². The maximum Gasteiger partial charge on any atom is 0.309 e. The maximum absolute atomic E-state index is 12.8. The molecule has 2 N–H and O–H groups in total. The van der Waals surface area contributed by atoms with E-state index < -0.39 is 16.8 Å². The number of amides is 1. The van der Waals surface area contributed by atoms with Crippen LogP contribution in [0, 0.1) is 16.7 Å². The van der Waals surface area contributed by atoms with E-state index in [0.29, 0.717) is 12.8 Å². The summed E-state index contributed by atoms with van der Waals surface area (Å²) in [4.78, 5) is 26.7. The fourth-order valence-electron chi connectivity index (χ4n) is 3.92. The first-order valence-corrected chi connectivity index (χ1v) is 9.06. The first kappa shape index (κ1) is 19.3. The van der Waals surface area contributed by atoms with Gasteiger partial charge in [-0.25, -0.2) is 0 Å². The van der Waals surface area contributed by atoms with E-state index in [-0.39, 0.29) is 11.8 Å². The van der Waals surface area contributed by atoms with E-state index >= 15 is 0 Å². The lowest BCUT2D eigenvalue weighted by molar-refractivity contribution is -0.154. The second kappa shape index (κ2) is 7.06. The van der Waals surface area contributed by atoms with Crippen LogP contribution in [-0.4, -0.2) is 30.1 Å². The molecule has 0 bridgehead atoms. The molecule has 1 amide bonds. The van der Waals surface area contributed by atoms with E-state index in [0.717, 1.165) is 24.5 Å². The van der Waals surface area contributed by atoms with Crippen molar-refractivity contribution >= 4 is 23.3 Å². The van der Waals surface area contributed by atoms with Gasteiger partial charge in [0.1, 0.15) is 0 Å². The quantitative estimate of drug-likeness (QED) is 0.817. The number of benzene rings is 1. The van der Waals surface area contributed by atoms with Gasteiger partial charge in [-0.2, -0.15) is 0 Å². The average Bonchev–Trinajstić information content (AvgIpc) is 2.81. The van der Waals surface area contributed by atoms with Gasteiger partial charge in [0.15, 0.2) is 0 Å². The zero-order valence-electron chi connectivity index (χ0n) is 15.9. The normalized spacial score (nSPS) is 24.8. The molecule has 1 aromatic carbocycles. The third kappa shape index (κ3) is 3.37. The number of carboxylic acids is 1. The molecule has 1 aliphatic carbocycles. The van der Waals surface area contributed by atoms with Crippen LogP contribution >= 0.6 is 0 Å². The van der Waals surface area contributed by atoms with Crippen LogP contribution in [0.25, 0.3) is 0 Å². The molecule has 1 saturated carbocycles. The smallest absolute Gasteiger partial charge is 0.309 e. The molecule has 0 aromatic heterocycles. The van der Waals surface area contributed by atoms with Crippen molar-refractivity contribution < 1.29 is 14.7 Å². The molecule has 1 aromatic rings. The molecule has 5 heteroatoms. The molecule has 0 spiro atoms. The van der Waals surface area contributed by atoms with Crippen LogP contribution in [0.4, 0.5) is 11.4 Å². The Morgan fingerprint density at radius 3 is 2.16 bits per heavy atom. The van der Waals surface area contributed by atoms with Crippen LogP contribution in [0.3, 0.4) is 0 Å². The van der Waals surface area contributed by atoms with Crippen LogP contribution in [0.5, 0.6) is 0 Å². The average molecular weight is 346 g/mol. The van der Waals surface area contributed by atoms with Gasteiger partial charge in [0, 0.05) is 30.4 Å². The zero-order chi connectivity index (χ0) is 18.8. The van der Waals surface area contributed by atoms with Crippen molar-refractivity contribution in [3.63, 3.8) is 0 Å². The summed E-state index contributed by atoms with van der Waals surface area (Å²) >= 11 is 0. The Morgan fingerprint density at radius 1 is 1.16 bits per heavy atom. The van der Waals surface area contributed by atoms with Gasteiger partial charge in [0.2, 0.25) is 5.91 Å². The van der Waals surface area contributed by atoms with Crippen molar-refractivity contribution in [2.45, 2.75) is 47.5 Å². The second-order valence-electron chi connectivity index (χ2n) is 7.66. The Hall–Kier alpha value is -2.04. The van der Waals surface area contributed by atoms with Gasteiger partial charge < -0.3 is 15.3 Å². The first-order chi connectivity index (χ1) is 11.7. The van der Waals surface area contributed by atoms with Crippen LogP contribution in [0.15, 0.2) is 24.3 Å². The standard InChI is InChI=1S/C20H30N2O3/c1-6-22(7-2)15-10-8-14(9-11-15)21-17(23)16-12-13-20(5,18(24)25)19(16,3)4/h8-11,16H,6-7,12-13H2,1-5H3,(H,21,23)(H,24,25)/t16-,20+/m1/s1. The number of hydrogen-bond donors (Lipinski definition) is 2. The largest absolute Gasteiger partial charge is 0.481 e. The SMILES string of the molecule is CCN(CC)c1ccc(NC(=O)[C@H]2CC[C@@](C)(C(=O)O)C2(C)C)cc1. The van der Waals surface area contributed by atoms with Crippen LogP contribution < -0.4 is 10.2 Å². The molecule has 0 radical (unpaired) electrons. The van der Waals surface area contributed by atoms with Crippen molar-refractivity contribution in [2.75, 3.05) is 23.3 Å². The summed E-state index contributed by atoms with van der Waals surface area (Å²) < 4.78 is 0. The van der Waals surface area contributed by atoms with Gasteiger partial charge in [-0.1, -0.05) is 13.8 Å². The van der Waals surface area contributed by atoms with Crippen LogP contribution in [0.2, 0.25) is 0 Å². The number of aliphatic carboxylic acids is 1. The zero-order valence-corrected chi connectivity index (χ0v) is 15.9. The van der Waals surface area contributed by atoms with Gasteiger partial charge in [-0.3, -0.25) is 9.59 Å². The minimum absolute atomic E-state index is 0.0921. The molecule has 0 saturated heterocycles. The summed E-state index contributed by atoms with van der Waals surface area (Å²) in [6, 6.07) is 7.82. The van der Waals surface area contributed by atoms with Gasteiger partial charge in [0.05, 0.1) is 5.41 Å². The molecular formula is C20H30N2O3. The minimum Gasteiger partial charge on any atom is -0.481 e. The third-order valence-corrected chi connectivity index (χ3v) is 6.28. The number of carbonyl (C=O) groups is 2. The number of anilines is 2. The molecule has 0 unspecified atom stereocenters. The Labute approximate surface area is 150 Å². The predicted molar refractivity (Wildman–Crippen MR) is 101 cm³/mol. The molecular weight excluding hydrogens is 316 g/mol. The van der Waals surface area contributed by atoms with E-state index in [9.17, 15) is 14.7 Å². The van der Waals surface area contributed by atoms with Crippen molar-refractivity contribution in [1.82, 2.24) is 0 Å².